The molecule has 2 rings (SSSR count). The fourth-order valence-electron chi connectivity index (χ4n) is 1.74. The van der Waals surface area contributed by atoms with Crippen LogP contribution in [-0.4, -0.2) is 12.4 Å². The summed E-state index contributed by atoms with van der Waals surface area (Å²) >= 11 is 0. The highest BCUT2D eigenvalue weighted by Crippen LogP contribution is 2.35. The van der Waals surface area contributed by atoms with Crippen molar-refractivity contribution in [2.24, 2.45) is 0 Å². The van der Waals surface area contributed by atoms with Gasteiger partial charge in [-0.15, -0.1) is 0 Å². The Balaban J connectivity index is 1.95. The summed E-state index contributed by atoms with van der Waals surface area (Å²) in [6.45, 7) is 2.79. The Bertz CT molecular complexity index is 328. The first kappa shape index (κ1) is 10.2. The van der Waals surface area contributed by atoms with Gasteiger partial charge in [0, 0.05) is 6.42 Å². The van der Waals surface area contributed by atoms with Crippen LogP contribution in [0.2, 0.25) is 0 Å². The van der Waals surface area contributed by atoms with Crippen molar-refractivity contribution in [1.29, 1.82) is 0 Å². The molecule has 0 aromatic carbocycles. The second-order valence-corrected chi connectivity index (χ2v) is 3.68. The molecule has 1 unspecified atom stereocenters. The smallest absolute Gasteiger partial charge is 0.230 e. The molecule has 80 valence electrons. The maximum Gasteiger partial charge on any atom is 0.230 e. The van der Waals surface area contributed by atoms with Gasteiger partial charge in [-0.05, 0) is 31.6 Å². The van der Waals surface area contributed by atoms with E-state index in [9.17, 15) is 0 Å². The van der Waals surface area contributed by atoms with Gasteiger partial charge in [-0.1, -0.05) is 24.3 Å². The van der Waals surface area contributed by atoms with Crippen LogP contribution in [-0.2, 0) is 9.47 Å². The molecule has 2 heteroatoms. The Hall–Kier alpha value is -1.28. The first-order chi connectivity index (χ1) is 7.35. The zero-order valence-corrected chi connectivity index (χ0v) is 8.98. The molecule has 0 aromatic rings. The lowest BCUT2D eigenvalue weighted by molar-refractivity contribution is -0.135. The van der Waals surface area contributed by atoms with E-state index in [0.717, 1.165) is 25.2 Å². The van der Waals surface area contributed by atoms with Crippen molar-refractivity contribution in [3.8, 4) is 0 Å². The van der Waals surface area contributed by atoms with Crippen LogP contribution in [0.5, 0.6) is 0 Å². The Morgan fingerprint density at radius 3 is 3.00 bits per heavy atom. The van der Waals surface area contributed by atoms with Gasteiger partial charge in [-0.2, -0.15) is 0 Å². The van der Waals surface area contributed by atoms with Gasteiger partial charge in [0.15, 0.2) is 0 Å². The fraction of sp³-hybridized carbons (Fsp3) is 0.385. The number of allylic oxidation sites excluding steroid dienone is 6. The van der Waals surface area contributed by atoms with E-state index in [0.29, 0.717) is 0 Å². The second-order valence-electron chi connectivity index (χ2n) is 3.68. The zero-order chi connectivity index (χ0) is 10.6. The molecular formula is C13H16O2. The Labute approximate surface area is 90.6 Å². The van der Waals surface area contributed by atoms with Crippen LogP contribution in [0.15, 0.2) is 48.3 Å². The largest absolute Gasteiger partial charge is 0.459 e. The molecule has 2 aliphatic rings. The molecule has 1 fully saturated rings. The van der Waals surface area contributed by atoms with Crippen LogP contribution in [0.1, 0.15) is 19.8 Å². The highest BCUT2D eigenvalue weighted by molar-refractivity contribution is 5.27. The molecule has 0 aromatic heterocycles. The molecule has 0 amide bonds. The van der Waals surface area contributed by atoms with Crippen LogP contribution >= 0.6 is 0 Å². The second kappa shape index (κ2) is 4.49. The number of hydrogen-bond donors (Lipinski definition) is 0. The van der Waals surface area contributed by atoms with Gasteiger partial charge in [0.25, 0.3) is 0 Å². The molecule has 2 aliphatic heterocycles. The third kappa shape index (κ3) is 2.39. The monoisotopic (exact) mass is 204 g/mol. The lowest BCUT2D eigenvalue weighted by Crippen LogP contribution is -2.24. The lowest BCUT2D eigenvalue weighted by atomic mass is 10.2. The summed E-state index contributed by atoms with van der Waals surface area (Å²) in [5.41, 5.74) is 0. The standard InChI is InChI=1S/C13H16O2/c1-2-3-4-5-7-12-8-10-13(15-12)9-6-11-14-13/h2-5,7-8,10H,6,9,11H2,1H3/b3-2+,5-4+,12-7+. The summed E-state index contributed by atoms with van der Waals surface area (Å²) < 4.78 is 11.3. The highest BCUT2D eigenvalue weighted by Gasteiger charge is 2.38. The van der Waals surface area contributed by atoms with Crippen LogP contribution in [0.3, 0.4) is 0 Å². The number of ether oxygens (including phenoxy) is 2. The summed E-state index contributed by atoms with van der Waals surface area (Å²) in [5.74, 6) is 0.429. The van der Waals surface area contributed by atoms with Crippen molar-refractivity contribution in [2.45, 2.75) is 25.6 Å². The molecule has 1 atom stereocenters. The summed E-state index contributed by atoms with van der Waals surface area (Å²) in [7, 11) is 0. The number of hydrogen-bond acceptors (Lipinski definition) is 2. The Morgan fingerprint density at radius 1 is 1.33 bits per heavy atom. The predicted octanol–water partition coefficient (Wildman–Crippen LogP) is 3.10. The molecule has 1 spiro atoms. The van der Waals surface area contributed by atoms with Gasteiger partial charge >= 0.3 is 0 Å². The van der Waals surface area contributed by atoms with Gasteiger partial charge < -0.3 is 9.47 Å². The van der Waals surface area contributed by atoms with Crippen LogP contribution in [0.25, 0.3) is 0 Å². The summed E-state index contributed by atoms with van der Waals surface area (Å²) in [6.07, 6.45) is 15.9. The van der Waals surface area contributed by atoms with E-state index in [2.05, 4.69) is 0 Å². The minimum Gasteiger partial charge on any atom is -0.459 e. The maximum atomic E-state index is 5.74. The molecule has 2 nitrogen and oxygen atoms in total. The van der Waals surface area contributed by atoms with Crippen LogP contribution in [0.4, 0.5) is 0 Å². The summed E-state index contributed by atoms with van der Waals surface area (Å²) in [5, 5.41) is 0. The Kier molecular flexibility index (Phi) is 3.07. The van der Waals surface area contributed by atoms with E-state index in [4.69, 9.17) is 9.47 Å². The summed E-state index contributed by atoms with van der Waals surface area (Å²) in [6, 6.07) is 0. The minimum absolute atomic E-state index is 0.444. The molecule has 0 radical (unpaired) electrons. The molecule has 0 N–H and O–H groups in total. The van der Waals surface area contributed by atoms with Gasteiger partial charge in [-0.25, -0.2) is 0 Å². The molecule has 0 bridgehead atoms. The van der Waals surface area contributed by atoms with Gasteiger partial charge in [0.1, 0.15) is 5.76 Å². The average molecular weight is 204 g/mol. The molecular weight excluding hydrogens is 188 g/mol. The molecule has 15 heavy (non-hydrogen) atoms. The van der Waals surface area contributed by atoms with Crippen molar-refractivity contribution in [2.75, 3.05) is 6.61 Å². The normalized spacial score (nSPS) is 32.7. The van der Waals surface area contributed by atoms with E-state index in [1.807, 2.05) is 49.5 Å². The van der Waals surface area contributed by atoms with Gasteiger partial charge in [0.05, 0.1) is 6.61 Å². The van der Waals surface area contributed by atoms with Crippen molar-refractivity contribution >= 4 is 0 Å². The third-order valence-electron chi connectivity index (χ3n) is 2.48. The first-order valence-electron chi connectivity index (χ1n) is 5.36. The fourth-order valence-corrected chi connectivity index (χ4v) is 1.74. The topological polar surface area (TPSA) is 18.5 Å². The minimum atomic E-state index is -0.444. The molecule has 0 aliphatic carbocycles. The molecule has 0 saturated carbocycles. The van der Waals surface area contributed by atoms with Crippen molar-refractivity contribution < 1.29 is 9.47 Å². The van der Waals surface area contributed by atoms with E-state index in [-0.39, 0.29) is 0 Å². The SMILES string of the molecule is C/C=C/C=C/C=C1\C=CC2(CCCO2)O1. The van der Waals surface area contributed by atoms with Crippen LogP contribution < -0.4 is 0 Å². The quantitative estimate of drug-likeness (QED) is 0.643. The van der Waals surface area contributed by atoms with Gasteiger partial charge in [-0.3, -0.25) is 0 Å². The lowest BCUT2D eigenvalue weighted by Gasteiger charge is -2.20. The maximum absolute atomic E-state index is 5.74. The van der Waals surface area contributed by atoms with Crippen molar-refractivity contribution in [3.63, 3.8) is 0 Å². The first-order valence-corrected chi connectivity index (χ1v) is 5.36. The molecule has 1 saturated heterocycles. The van der Waals surface area contributed by atoms with E-state index < -0.39 is 5.79 Å². The predicted molar refractivity (Wildman–Crippen MR) is 60.2 cm³/mol. The average Bonchev–Trinajstić information content (AvgIpc) is 2.85. The van der Waals surface area contributed by atoms with Crippen molar-refractivity contribution in [1.82, 2.24) is 0 Å². The third-order valence-corrected chi connectivity index (χ3v) is 2.48. The van der Waals surface area contributed by atoms with Crippen molar-refractivity contribution in [3.05, 3.63) is 48.3 Å². The van der Waals surface area contributed by atoms with E-state index >= 15 is 0 Å². The van der Waals surface area contributed by atoms with E-state index in [1.165, 1.54) is 0 Å². The van der Waals surface area contributed by atoms with E-state index in [1.54, 1.807) is 0 Å². The number of rotatable bonds is 2. The molecule has 2 heterocycles. The summed E-state index contributed by atoms with van der Waals surface area (Å²) in [4.78, 5) is 0. The zero-order valence-electron chi connectivity index (χ0n) is 8.98. The Morgan fingerprint density at radius 2 is 2.27 bits per heavy atom. The van der Waals surface area contributed by atoms with Gasteiger partial charge in [0.2, 0.25) is 5.79 Å². The highest BCUT2D eigenvalue weighted by atomic mass is 16.7. The van der Waals surface area contributed by atoms with Crippen LogP contribution in [0, 0.1) is 0 Å².